The summed E-state index contributed by atoms with van der Waals surface area (Å²) in [5.41, 5.74) is -0.114. The standard InChI is InChI=1S/C20H20FN3O3/c1-12(2)23-19(26)16-6-4-5-7-17(16)24(20(23)27)13(3)18(25)22-15-10-8-14(21)9-11-15/h4-13H,1-3H3,(H,22,25). The summed E-state index contributed by atoms with van der Waals surface area (Å²) >= 11 is 0. The number of hydrogen-bond acceptors (Lipinski definition) is 3. The summed E-state index contributed by atoms with van der Waals surface area (Å²) in [6.45, 7) is 5.07. The molecule has 27 heavy (non-hydrogen) atoms. The third-order valence-corrected chi connectivity index (χ3v) is 4.42. The van der Waals surface area contributed by atoms with Gasteiger partial charge in [0.2, 0.25) is 5.91 Å². The van der Waals surface area contributed by atoms with E-state index >= 15 is 0 Å². The average Bonchev–Trinajstić information content (AvgIpc) is 2.63. The maximum absolute atomic E-state index is 13.0. The minimum atomic E-state index is -0.877. The summed E-state index contributed by atoms with van der Waals surface area (Å²) in [4.78, 5) is 38.4. The van der Waals surface area contributed by atoms with Crippen molar-refractivity contribution in [2.75, 3.05) is 5.32 Å². The van der Waals surface area contributed by atoms with E-state index in [9.17, 15) is 18.8 Å². The number of benzene rings is 2. The second kappa shape index (κ2) is 7.19. The summed E-state index contributed by atoms with van der Waals surface area (Å²) in [5, 5.41) is 3.04. The Morgan fingerprint density at radius 1 is 0.963 bits per heavy atom. The van der Waals surface area contributed by atoms with Crippen molar-refractivity contribution in [3.63, 3.8) is 0 Å². The van der Waals surface area contributed by atoms with Crippen molar-refractivity contribution in [1.82, 2.24) is 9.13 Å². The van der Waals surface area contributed by atoms with E-state index in [1.807, 2.05) is 0 Å². The first-order valence-electron chi connectivity index (χ1n) is 8.63. The SMILES string of the molecule is CC(C)n1c(=O)c2ccccc2n(C(C)C(=O)Nc2ccc(F)cc2)c1=O. The lowest BCUT2D eigenvalue weighted by Crippen LogP contribution is -2.44. The van der Waals surface area contributed by atoms with Crippen molar-refractivity contribution < 1.29 is 9.18 Å². The number of carbonyl (C=O) groups excluding carboxylic acids is 1. The lowest BCUT2D eigenvalue weighted by atomic mass is 10.2. The molecule has 3 aromatic rings. The van der Waals surface area contributed by atoms with E-state index < -0.39 is 23.5 Å². The van der Waals surface area contributed by atoms with Crippen LogP contribution in [0.15, 0.2) is 58.1 Å². The van der Waals surface area contributed by atoms with Gasteiger partial charge in [0, 0.05) is 11.7 Å². The normalized spacial score (nSPS) is 12.3. The van der Waals surface area contributed by atoms with Crippen LogP contribution in [0.2, 0.25) is 0 Å². The molecule has 0 fully saturated rings. The number of aromatic nitrogens is 2. The molecule has 2 aromatic carbocycles. The second-order valence-electron chi connectivity index (χ2n) is 6.61. The Balaban J connectivity index is 2.12. The molecule has 0 aliphatic heterocycles. The van der Waals surface area contributed by atoms with Crippen LogP contribution in [-0.2, 0) is 4.79 Å². The average molecular weight is 369 g/mol. The Morgan fingerprint density at radius 3 is 2.22 bits per heavy atom. The van der Waals surface area contributed by atoms with E-state index in [-0.39, 0.29) is 11.6 Å². The van der Waals surface area contributed by atoms with Crippen LogP contribution in [0, 0.1) is 5.82 Å². The number of nitrogens with zero attached hydrogens (tertiary/aromatic N) is 2. The van der Waals surface area contributed by atoms with Gasteiger partial charge < -0.3 is 5.32 Å². The summed E-state index contributed by atoms with van der Waals surface area (Å²) in [6.07, 6.45) is 0. The van der Waals surface area contributed by atoms with E-state index in [4.69, 9.17) is 0 Å². The van der Waals surface area contributed by atoms with E-state index in [0.717, 1.165) is 4.57 Å². The largest absolute Gasteiger partial charge is 0.332 e. The quantitative estimate of drug-likeness (QED) is 0.768. The highest BCUT2D eigenvalue weighted by molar-refractivity contribution is 5.94. The number of nitrogens with one attached hydrogen (secondary N) is 1. The molecule has 7 heteroatoms. The minimum absolute atomic E-state index is 0.354. The number of hydrogen-bond donors (Lipinski definition) is 1. The molecule has 0 radical (unpaired) electrons. The van der Waals surface area contributed by atoms with Gasteiger partial charge in [-0.25, -0.2) is 9.18 Å². The van der Waals surface area contributed by atoms with Gasteiger partial charge in [0.1, 0.15) is 11.9 Å². The maximum atomic E-state index is 13.0. The van der Waals surface area contributed by atoms with Gasteiger partial charge in [-0.1, -0.05) is 12.1 Å². The van der Waals surface area contributed by atoms with Crippen LogP contribution >= 0.6 is 0 Å². The van der Waals surface area contributed by atoms with E-state index in [0.29, 0.717) is 16.6 Å². The van der Waals surface area contributed by atoms with E-state index in [2.05, 4.69) is 5.32 Å². The number of para-hydroxylation sites is 1. The smallest absolute Gasteiger partial charge is 0.324 e. The molecular weight excluding hydrogens is 349 g/mol. The Kier molecular flexibility index (Phi) is 4.94. The summed E-state index contributed by atoms with van der Waals surface area (Å²) in [6, 6.07) is 10.8. The topological polar surface area (TPSA) is 73.1 Å². The molecule has 0 spiro atoms. The van der Waals surface area contributed by atoms with E-state index in [1.165, 1.54) is 28.8 Å². The van der Waals surface area contributed by atoms with Gasteiger partial charge >= 0.3 is 5.69 Å². The van der Waals surface area contributed by atoms with Gasteiger partial charge in [-0.15, -0.1) is 0 Å². The summed E-state index contributed by atoms with van der Waals surface area (Å²) in [7, 11) is 0. The second-order valence-corrected chi connectivity index (χ2v) is 6.61. The van der Waals surface area contributed by atoms with Crippen molar-refractivity contribution in [2.24, 2.45) is 0 Å². The van der Waals surface area contributed by atoms with Gasteiger partial charge in [-0.3, -0.25) is 18.7 Å². The van der Waals surface area contributed by atoms with Gasteiger partial charge in [-0.2, -0.15) is 0 Å². The van der Waals surface area contributed by atoms with Gasteiger partial charge in [-0.05, 0) is 57.2 Å². The van der Waals surface area contributed by atoms with Crippen LogP contribution in [0.3, 0.4) is 0 Å². The van der Waals surface area contributed by atoms with Crippen LogP contribution in [0.5, 0.6) is 0 Å². The molecule has 6 nitrogen and oxygen atoms in total. The van der Waals surface area contributed by atoms with Crippen LogP contribution in [-0.4, -0.2) is 15.0 Å². The van der Waals surface area contributed by atoms with Crippen LogP contribution < -0.4 is 16.6 Å². The molecule has 0 aliphatic carbocycles. The van der Waals surface area contributed by atoms with Gasteiger partial charge in [0.25, 0.3) is 5.56 Å². The Labute approximate surface area is 154 Å². The molecule has 0 saturated carbocycles. The fraction of sp³-hybridized carbons (Fsp3) is 0.250. The zero-order valence-electron chi connectivity index (χ0n) is 15.3. The first kappa shape index (κ1) is 18.6. The lowest BCUT2D eigenvalue weighted by molar-refractivity contribution is -0.118. The molecule has 1 amide bonds. The molecular formula is C20H20FN3O3. The highest BCUT2D eigenvalue weighted by Crippen LogP contribution is 2.17. The van der Waals surface area contributed by atoms with Crippen molar-refractivity contribution in [2.45, 2.75) is 32.9 Å². The number of carbonyl (C=O) groups is 1. The van der Waals surface area contributed by atoms with Crippen molar-refractivity contribution in [3.8, 4) is 0 Å². The molecule has 3 rings (SSSR count). The molecule has 1 heterocycles. The Hall–Kier alpha value is -3.22. The van der Waals surface area contributed by atoms with Gasteiger partial charge in [0.15, 0.2) is 0 Å². The van der Waals surface area contributed by atoms with Crippen molar-refractivity contribution in [3.05, 3.63) is 75.2 Å². The molecule has 1 aromatic heterocycles. The third-order valence-electron chi connectivity index (χ3n) is 4.42. The predicted molar refractivity (Wildman–Crippen MR) is 103 cm³/mol. The molecule has 0 saturated heterocycles. The number of anilines is 1. The summed E-state index contributed by atoms with van der Waals surface area (Å²) in [5.74, 6) is -0.852. The molecule has 1 atom stereocenters. The first-order valence-corrected chi connectivity index (χ1v) is 8.63. The highest BCUT2D eigenvalue weighted by Gasteiger charge is 2.23. The first-order chi connectivity index (χ1) is 12.8. The number of rotatable bonds is 4. The molecule has 0 bridgehead atoms. The lowest BCUT2D eigenvalue weighted by Gasteiger charge is -2.20. The van der Waals surface area contributed by atoms with Crippen LogP contribution in [0.25, 0.3) is 10.9 Å². The van der Waals surface area contributed by atoms with Crippen molar-refractivity contribution in [1.29, 1.82) is 0 Å². The fourth-order valence-electron chi connectivity index (χ4n) is 3.03. The zero-order valence-corrected chi connectivity index (χ0v) is 15.3. The molecule has 140 valence electrons. The summed E-state index contributed by atoms with van der Waals surface area (Å²) < 4.78 is 15.5. The predicted octanol–water partition coefficient (Wildman–Crippen LogP) is 3.08. The highest BCUT2D eigenvalue weighted by atomic mass is 19.1. The monoisotopic (exact) mass is 369 g/mol. The minimum Gasteiger partial charge on any atom is -0.324 e. The van der Waals surface area contributed by atoms with E-state index in [1.54, 1.807) is 45.0 Å². The molecule has 0 aliphatic rings. The molecule has 1 unspecified atom stereocenters. The number of fused-ring (bicyclic) bond motifs is 1. The van der Waals surface area contributed by atoms with Gasteiger partial charge in [0.05, 0.1) is 10.9 Å². The third kappa shape index (κ3) is 3.40. The van der Waals surface area contributed by atoms with Crippen LogP contribution in [0.1, 0.15) is 32.9 Å². The zero-order chi connectivity index (χ0) is 19.7. The fourth-order valence-corrected chi connectivity index (χ4v) is 3.03. The molecule has 1 N–H and O–H groups in total. The van der Waals surface area contributed by atoms with Crippen LogP contribution in [0.4, 0.5) is 10.1 Å². The Bertz CT molecular complexity index is 1110. The Morgan fingerprint density at radius 2 is 1.59 bits per heavy atom. The maximum Gasteiger partial charge on any atom is 0.332 e. The number of halogens is 1. The number of amides is 1. The van der Waals surface area contributed by atoms with Crippen molar-refractivity contribution >= 4 is 22.5 Å².